The van der Waals surface area contributed by atoms with Crippen LogP contribution in [0.2, 0.25) is 0 Å². The lowest BCUT2D eigenvalue weighted by Gasteiger charge is -2.24. The predicted molar refractivity (Wildman–Crippen MR) is 67.5 cm³/mol. The molecule has 104 valence electrons. The third-order valence-electron chi connectivity index (χ3n) is 3.44. The van der Waals surface area contributed by atoms with E-state index in [0.29, 0.717) is 5.69 Å². The summed E-state index contributed by atoms with van der Waals surface area (Å²) in [4.78, 5) is 12.7. The third-order valence-corrected chi connectivity index (χ3v) is 3.44. The van der Waals surface area contributed by atoms with Crippen molar-refractivity contribution in [1.29, 1.82) is 0 Å². The summed E-state index contributed by atoms with van der Waals surface area (Å²) in [5.74, 6) is 0. The van der Waals surface area contributed by atoms with Crippen LogP contribution in [0, 0.1) is 0 Å². The standard InChI is InChI=1S/C14H16F3NO/c15-14(16,17)13-9-12(6-5-11(13)10-19)18-7-3-1-2-4-8-18/h5-6,9-10H,1-4,7-8H2. The fourth-order valence-corrected chi connectivity index (χ4v) is 2.42. The first-order valence-corrected chi connectivity index (χ1v) is 6.44. The van der Waals surface area contributed by atoms with Gasteiger partial charge >= 0.3 is 6.18 Å². The number of anilines is 1. The van der Waals surface area contributed by atoms with Gasteiger partial charge in [-0.1, -0.05) is 12.8 Å². The Balaban J connectivity index is 2.34. The molecule has 5 heteroatoms. The molecule has 1 aliphatic rings. The minimum atomic E-state index is -4.49. The molecule has 2 nitrogen and oxygen atoms in total. The van der Waals surface area contributed by atoms with Gasteiger partial charge in [-0.2, -0.15) is 13.2 Å². The number of alkyl halides is 3. The molecule has 1 aromatic rings. The summed E-state index contributed by atoms with van der Waals surface area (Å²) in [6.07, 6.45) is 0.00476. The average molecular weight is 271 g/mol. The SMILES string of the molecule is O=Cc1ccc(N2CCCCCC2)cc1C(F)(F)F. The van der Waals surface area contributed by atoms with Crippen LogP contribution in [0.15, 0.2) is 18.2 Å². The molecule has 0 N–H and O–H groups in total. The monoisotopic (exact) mass is 271 g/mol. The van der Waals surface area contributed by atoms with Gasteiger partial charge in [0, 0.05) is 24.3 Å². The van der Waals surface area contributed by atoms with E-state index in [9.17, 15) is 18.0 Å². The van der Waals surface area contributed by atoms with Crippen molar-refractivity contribution >= 4 is 12.0 Å². The van der Waals surface area contributed by atoms with Gasteiger partial charge in [0.05, 0.1) is 5.56 Å². The van der Waals surface area contributed by atoms with E-state index in [1.807, 2.05) is 4.90 Å². The Morgan fingerprint density at radius 2 is 1.68 bits per heavy atom. The number of halogens is 3. The summed E-state index contributed by atoms with van der Waals surface area (Å²) in [7, 11) is 0. The second-order valence-corrected chi connectivity index (χ2v) is 4.79. The van der Waals surface area contributed by atoms with E-state index in [1.165, 1.54) is 6.07 Å². The number of carbonyl (C=O) groups excluding carboxylic acids is 1. The van der Waals surface area contributed by atoms with Crippen LogP contribution in [-0.2, 0) is 6.18 Å². The Labute approximate surface area is 110 Å². The summed E-state index contributed by atoms with van der Waals surface area (Å²) in [6.45, 7) is 1.55. The molecule has 1 heterocycles. The highest BCUT2D eigenvalue weighted by Gasteiger charge is 2.34. The lowest BCUT2D eigenvalue weighted by atomic mass is 10.1. The van der Waals surface area contributed by atoms with Crippen LogP contribution in [0.25, 0.3) is 0 Å². The lowest BCUT2D eigenvalue weighted by Crippen LogP contribution is -2.24. The minimum absolute atomic E-state index is 0.259. The summed E-state index contributed by atoms with van der Waals surface area (Å²) in [6, 6.07) is 3.95. The lowest BCUT2D eigenvalue weighted by molar-refractivity contribution is -0.137. The van der Waals surface area contributed by atoms with Crippen LogP contribution < -0.4 is 4.90 Å². The van der Waals surface area contributed by atoms with Gasteiger partial charge in [-0.25, -0.2) is 0 Å². The molecule has 0 spiro atoms. The van der Waals surface area contributed by atoms with Gasteiger partial charge in [0.15, 0.2) is 6.29 Å². The van der Waals surface area contributed by atoms with Gasteiger partial charge in [-0.05, 0) is 31.0 Å². The first-order chi connectivity index (χ1) is 9.02. The molecule has 0 aliphatic carbocycles. The zero-order valence-corrected chi connectivity index (χ0v) is 10.5. The molecule has 19 heavy (non-hydrogen) atoms. The Morgan fingerprint density at radius 1 is 1.05 bits per heavy atom. The zero-order chi connectivity index (χ0) is 13.9. The number of benzene rings is 1. The fourth-order valence-electron chi connectivity index (χ4n) is 2.42. The topological polar surface area (TPSA) is 20.3 Å². The van der Waals surface area contributed by atoms with Crippen LogP contribution in [0.1, 0.15) is 41.6 Å². The van der Waals surface area contributed by atoms with Crippen LogP contribution in [0.4, 0.5) is 18.9 Å². The predicted octanol–water partition coefficient (Wildman–Crippen LogP) is 3.90. The van der Waals surface area contributed by atoms with E-state index in [4.69, 9.17) is 0 Å². The van der Waals surface area contributed by atoms with Gasteiger partial charge in [0.2, 0.25) is 0 Å². The Morgan fingerprint density at radius 3 is 2.21 bits per heavy atom. The highest BCUT2D eigenvalue weighted by Crippen LogP contribution is 2.34. The molecule has 2 rings (SSSR count). The normalized spacial score (nSPS) is 17.1. The highest BCUT2D eigenvalue weighted by molar-refractivity contribution is 5.79. The summed E-state index contributed by atoms with van der Waals surface area (Å²) in [5, 5.41) is 0. The van der Waals surface area contributed by atoms with Crippen molar-refractivity contribution in [3.8, 4) is 0 Å². The maximum absolute atomic E-state index is 12.9. The maximum Gasteiger partial charge on any atom is 0.417 e. The van der Waals surface area contributed by atoms with Gasteiger partial charge in [-0.3, -0.25) is 4.79 Å². The summed E-state index contributed by atoms with van der Waals surface area (Å²) < 4.78 is 38.7. The molecule has 0 unspecified atom stereocenters. The molecular weight excluding hydrogens is 255 g/mol. The second kappa shape index (κ2) is 5.63. The molecule has 1 saturated heterocycles. The summed E-state index contributed by atoms with van der Waals surface area (Å²) >= 11 is 0. The van der Waals surface area contributed by atoms with E-state index in [-0.39, 0.29) is 11.8 Å². The first kappa shape index (κ1) is 13.9. The Bertz CT molecular complexity index is 448. The van der Waals surface area contributed by atoms with Gasteiger partial charge < -0.3 is 4.90 Å². The largest absolute Gasteiger partial charge is 0.417 e. The number of hydrogen-bond donors (Lipinski definition) is 0. The highest BCUT2D eigenvalue weighted by atomic mass is 19.4. The number of rotatable bonds is 2. The quantitative estimate of drug-likeness (QED) is 0.760. The van der Waals surface area contributed by atoms with Crippen molar-refractivity contribution in [3.63, 3.8) is 0 Å². The smallest absolute Gasteiger partial charge is 0.372 e. The van der Waals surface area contributed by atoms with E-state index >= 15 is 0 Å². The van der Waals surface area contributed by atoms with Crippen molar-refractivity contribution in [3.05, 3.63) is 29.3 Å². The van der Waals surface area contributed by atoms with E-state index < -0.39 is 11.7 Å². The molecule has 0 amide bonds. The van der Waals surface area contributed by atoms with Crippen LogP contribution in [-0.4, -0.2) is 19.4 Å². The van der Waals surface area contributed by atoms with Crippen LogP contribution >= 0.6 is 0 Å². The number of aldehydes is 1. The molecule has 1 fully saturated rings. The van der Waals surface area contributed by atoms with Crippen LogP contribution in [0.3, 0.4) is 0 Å². The molecule has 0 bridgehead atoms. The van der Waals surface area contributed by atoms with Crippen molar-refractivity contribution in [2.45, 2.75) is 31.9 Å². The van der Waals surface area contributed by atoms with Crippen molar-refractivity contribution in [2.24, 2.45) is 0 Å². The molecule has 0 aromatic heterocycles. The number of nitrogens with zero attached hydrogens (tertiary/aromatic N) is 1. The molecule has 1 aliphatic heterocycles. The Kier molecular flexibility index (Phi) is 4.12. The number of hydrogen-bond acceptors (Lipinski definition) is 2. The van der Waals surface area contributed by atoms with E-state index in [1.54, 1.807) is 6.07 Å². The zero-order valence-electron chi connectivity index (χ0n) is 10.5. The molecule has 0 atom stereocenters. The maximum atomic E-state index is 12.9. The summed E-state index contributed by atoms with van der Waals surface area (Å²) in [5.41, 5.74) is -0.588. The van der Waals surface area contributed by atoms with E-state index in [0.717, 1.165) is 44.8 Å². The Hall–Kier alpha value is -1.52. The number of carbonyl (C=O) groups is 1. The fraction of sp³-hybridized carbons (Fsp3) is 0.500. The first-order valence-electron chi connectivity index (χ1n) is 6.44. The van der Waals surface area contributed by atoms with E-state index in [2.05, 4.69) is 0 Å². The third kappa shape index (κ3) is 3.28. The molecule has 1 aromatic carbocycles. The van der Waals surface area contributed by atoms with Crippen molar-refractivity contribution < 1.29 is 18.0 Å². The van der Waals surface area contributed by atoms with Crippen molar-refractivity contribution in [2.75, 3.05) is 18.0 Å². The average Bonchev–Trinajstić information content (AvgIpc) is 2.66. The second-order valence-electron chi connectivity index (χ2n) is 4.79. The minimum Gasteiger partial charge on any atom is -0.372 e. The van der Waals surface area contributed by atoms with Gasteiger partial charge in [0.1, 0.15) is 0 Å². The van der Waals surface area contributed by atoms with Crippen LogP contribution in [0.5, 0.6) is 0 Å². The van der Waals surface area contributed by atoms with Gasteiger partial charge in [-0.15, -0.1) is 0 Å². The van der Waals surface area contributed by atoms with Gasteiger partial charge in [0.25, 0.3) is 0 Å². The molecule has 0 saturated carbocycles. The molecule has 0 radical (unpaired) electrons. The molecular formula is C14H16F3NO. The van der Waals surface area contributed by atoms with Crippen molar-refractivity contribution in [1.82, 2.24) is 0 Å².